The molecule has 0 radical (unpaired) electrons. The van der Waals surface area contributed by atoms with Gasteiger partial charge in [0.15, 0.2) is 6.54 Å². The Morgan fingerprint density at radius 2 is 1.96 bits per heavy atom. The average Bonchev–Trinajstić information content (AvgIpc) is 2.62. The first-order valence-electron chi connectivity index (χ1n) is 9.07. The SMILES string of the molecule is COc1ccc(NC(=O)C[NH+]2CCC[C@H]3CCCC[C@@H]32)c(OC)c1. The quantitative estimate of drug-likeness (QED) is 0.865. The second-order valence-corrected chi connectivity index (χ2v) is 6.99. The van der Waals surface area contributed by atoms with Gasteiger partial charge in [0.05, 0.1) is 32.5 Å². The monoisotopic (exact) mass is 333 g/mol. The van der Waals surface area contributed by atoms with E-state index < -0.39 is 0 Å². The van der Waals surface area contributed by atoms with Crippen LogP contribution in [0.1, 0.15) is 38.5 Å². The number of fused-ring (bicyclic) bond motifs is 1. The fourth-order valence-electron chi connectivity index (χ4n) is 4.39. The molecule has 0 aromatic heterocycles. The lowest BCUT2D eigenvalue weighted by atomic mass is 9.78. The molecule has 1 aliphatic carbocycles. The lowest BCUT2D eigenvalue weighted by molar-refractivity contribution is -0.928. The topological polar surface area (TPSA) is 52.0 Å². The van der Waals surface area contributed by atoms with Gasteiger partial charge in [-0.25, -0.2) is 0 Å². The largest absolute Gasteiger partial charge is 0.497 e. The number of methoxy groups -OCH3 is 2. The van der Waals surface area contributed by atoms with Crippen LogP contribution in [0.15, 0.2) is 18.2 Å². The highest BCUT2D eigenvalue weighted by molar-refractivity contribution is 5.93. The van der Waals surface area contributed by atoms with E-state index in [2.05, 4.69) is 5.32 Å². The molecule has 5 heteroatoms. The Kier molecular flexibility index (Phi) is 5.61. The Morgan fingerprint density at radius 1 is 1.17 bits per heavy atom. The fraction of sp³-hybridized carbons (Fsp3) is 0.632. The number of hydrogen-bond acceptors (Lipinski definition) is 3. The zero-order chi connectivity index (χ0) is 16.9. The van der Waals surface area contributed by atoms with Crippen LogP contribution in [0, 0.1) is 5.92 Å². The first-order valence-corrected chi connectivity index (χ1v) is 9.07. The number of quaternary nitrogens is 1. The van der Waals surface area contributed by atoms with Crippen molar-refractivity contribution in [3.05, 3.63) is 18.2 Å². The van der Waals surface area contributed by atoms with E-state index in [-0.39, 0.29) is 5.91 Å². The summed E-state index contributed by atoms with van der Waals surface area (Å²) in [7, 11) is 3.22. The molecule has 1 aromatic carbocycles. The van der Waals surface area contributed by atoms with Gasteiger partial charge < -0.3 is 19.7 Å². The summed E-state index contributed by atoms with van der Waals surface area (Å²) in [5.41, 5.74) is 0.708. The van der Waals surface area contributed by atoms with Crippen LogP contribution in [0.2, 0.25) is 0 Å². The van der Waals surface area contributed by atoms with Gasteiger partial charge in [0.25, 0.3) is 5.91 Å². The number of carbonyl (C=O) groups is 1. The molecular weight excluding hydrogens is 304 g/mol. The van der Waals surface area contributed by atoms with Crippen LogP contribution in [0.4, 0.5) is 5.69 Å². The highest BCUT2D eigenvalue weighted by Crippen LogP contribution is 2.29. The predicted molar refractivity (Wildman–Crippen MR) is 93.9 cm³/mol. The van der Waals surface area contributed by atoms with Crippen molar-refractivity contribution >= 4 is 11.6 Å². The summed E-state index contributed by atoms with van der Waals surface area (Å²) >= 11 is 0. The number of hydrogen-bond donors (Lipinski definition) is 2. The zero-order valence-corrected chi connectivity index (χ0v) is 14.8. The molecule has 0 bridgehead atoms. The Bertz CT molecular complexity index is 574. The molecule has 3 rings (SSSR count). The van der Waals surface area contributed by atoms with E-state index in [1.165, 1.54) is 43.4 Å². The van der Waals surface area contributed by atoms with Crippen LogP contribution >= 0.6 is 0 Å². The van der Waals surface area contributed by atoms with E-state index >= 15 is 0 Å². The van der Waals surface area contributed by atoms with Crippen LogP contribution < -0.4 is 19.7 Å². The minimum atomic E-state index is 0.0692. The maximum Gasteiger partial charge on any atom is 0.279 e. The van der Waals surface area contributed by atoms with E-state index in [0.29, 0.717) is 24.0 Å². The predicted octanol–water partition coefficient (Wildman–Crippen LogP) is 1.88. The van der Waals surface area contributed by atoms with Crippen molar-refractivity contribution in [2.75, 3.05) is 32.6 Å². The number of nitrogens with one attached hydrogen (secondary N) is 2. The Morgan fingerprint density at radius 3 is 2.75 bits per heavy atom. The first kappa shape index (κ1) is 17.1. The molecule has 2 aliphatic rings. The number of amides is 1. The summed E-state index contributed by atoms with van der Waals surface area (Å²) in [6, 6.07) is 6.14. The van der Waals surface area contributed by atoms with Gasteiger partial charge in [-0.15, -0.1) is 0 Å². The van der Waals surface area contributed by atoms with E-state index in [0.717, 1.165) is 18.2 Å². The third-order valence-corrected chi connectivity index (χ3v) is 5.58. The number of likely N-dealkylation sites (tertiary alicyclic amines) is 1. The van der Waals surface area contributed by atoms with E-state index in [1.807, 2.05) is 12.1 Å². The average molecular weight is 333 g/mol. The van der Waals surface area contributed by atoms with Gasteiger partial charge in [-0.3, -0.25) is 4.79 Å². The van der Waals surface area contributed by atoms with E-state index in [1.54, 1.807) is 20.3 Å². The molecule has 1 amide bonds. The molecule has 1 unspecified atom stereocenters. The molecule has 0 spiro atoms. The van der Waals surface area contributed by atoms with Crippen LogP contribution in [0.3, 0.4) is 0 Å². The molecule has 2 fully saturated rings. The number of rotatable bonds is 5. The Labute approximate surface area is 144 Å². The van der Waals surface area contributed by atoms with E-state index in [9.17, 15) is 4.79 Å². The minimum absolute atomic E-state index is 0.0692. The Balaban J connectivity index is 1.63. The number of ether oxygens (including phenoxy) is 2. The highest BCUT2D eigenvalue weighted by atomic mass is 16.5. The number of carbonyl (C=O) groups excluding carboxylic acids is 1. The van der Waals surface area contributed by atoms with Gasteiger partial charge in [-0.2, -0.15) is 0 Å². The molecule has 132 valence electrons. The van der Waals surface area contributed by atoms with Crippen molar-refractivity contribution in [1.82, 2.24) is 0 Å². The van der Waals surface area contributed by atoms with Crippen LogP contribution in [0.5, 0.6) is 11.5 Å². The van der Waals surface area contributed by atoms with Crippen molar-refractivity contribution < 1.29 is 19.2 Å². The second-order valence-electron chi connectivity index (χ2n) is 6.99. The first-order chi connectivity index (χ1) is 11.7. The van der Waals surface area contributed by atoms with Gasteiger partial charge in [0.2, 0.25) is 0 Å². The smallest absolute Gasteiger partial charge is 0.279 e. The van der Waals surface area contributed by atoms with Crippen molar-refractivity contribution in [3.63, 3.8) is 0 Å². The lowest BCUT2D eigenvalue weighted by Gasteiger charge is -2.40. The number of anilines is 1. The van der Waals surface area contributed by atoms with Gasteiger partial charge >= 0.3 is 0 Å². The second kappa shape index (κ2) is 7.88. The van der Waals surface area contributed by atoms with Crippen LogP contribution in [-0.2, 0) is 4.79 Å². The summed E-state index contributed by atoms with van der Waals surface area (Å²) in [6.45, 7) is 1.67. The maximum absolute atomic E-state index is 12.6. The lowest BCUT2D eigenvalue weighted by Crippen LogP contribution is -3.18. The van der Waals surface area contributed by atoms with Gasteiger partial charge in [0.1, 0.15) is 11.5 Å². The Hall–Kier alpha value is -1.75. The van der Waals surface area contributed by atoms with Crippen LogP contribution in [0.25, 0.3) is 0 Å². The summed E-state index contributed by atoms with van der Waals surface area (Å²) in [5, 5.41) is 3.02. The molecule has 1 heterocycles. The summed E-state index contributed by atoms with van der Waals surface area (Å²) in [5.74, 6) is 2.24. The minimum Gasteiger partial charge on any atom is -0.497 e. The maximum atomic E-state index is 12.6. The molecule has 1 aromatic rings. The number of piperidine rings is 1. The molecule has 2 N–H and O–H groups in total. The summed E-state index contributed by atoms with van der Waals surface area (Å²) < 4.78 is 10.6. The van der Waals surface area contributed by atoms with Gasteiger partial charge in [0, 0.05) is 12.0 Å². The van der Waals surface area contributed by atoms with Crippen molar-refractivity contribution in [2.45, 2.75) is 44.6 Å². The molecule has 3 atom stereocenters. The van der Waals surface area contributed by atoms with Crippen molar-refractivity contribution in [2.24, 2.45) is 5.92 Å². The highest BCUT2D eigenvalue weighted by Gasteiger charge is 2.37. The van der Waals surface area contributed by atoms with Gasteiger partial charge in [-0.05, 0) is 44.2 Å². The normalized spacial score (nSPS) is 26.3. The third-order valence-electron chi connectivity index (χ3n) is 5.58. The summed E-state index contributed by atoms with van der Waals surface area (Å²) in [4.78, 5) is 14.0. The molecule has 1 saturated heterocycles. The van der Waals surface area contributed by atoms with Crippen molar-refractivity contribution in [3.8, 4) is 11.5 Å². The molecular formula is C19H29N2O3+. The number of benzene rings is 1. The zero-order valence-electron chi connectivity index (χ0n) is 14.8. The summed E-state index contributed by atoms with van der Waals surface area (Å²) in [6.07, 6.45) is 7.90. The molecule has 1 aliphatic heterocycles. The third kappa shape index (κ3) is 3.83. The molecule has 1 saturated carbocycles. The molecule has 24 heavy (non-hydrogen) atoms. The van der Waals surface area contributed by atoms with Gasteiger partial charge in [-0.1, -0.05) is 6.42 Å². The van der Waals surface area contributed by atoms with E-state index in [4.69, 9.17) is 9.47 Å². The standard InChI is InChI=1S/C19H28N2O3/c1-23-15-9-10-16(18(12-15)24-2)20-19(22)13-21-11-5-7-14-6-3-4-8-17(14)21/h9-10,12,14,17H,3-8,11,13H2,1-2H3,(H,20,22)/p+1/t14-,17+/m1/s1. The van der Waals surface area contributed by atoms with Crippen molar-refractivity contribution in [1.29, 1.82) is 0 Å². The molecule has 5 nitrogen and oxygen atoms in total. The fourth-order valence-corrected chi connectivity index (χ4v) is 4.39. The van der Waals surface area contributed by atoms with Crippen LogP contribution in [-0.4, -0.2) is 39.3 Å².